The molecule has 25 heavy (non-hydrogen) atoms. The molecule has 1 saturated heterocycles. The van der Waals surface area contributed by atoms with Gasteiger partial charge < -0.3 is 9.64 Å². The Hall–Kier alpha value is -2.37. The van der Waals surface area contributed by atoms with Crippen LogP contribution in [0.2, 0.25) is 0 Å². The van der Waals surface area contributed by atoms with Gasteiger partial charge in [-0.05, 0) is 44.7 Å². The van der Waals surface area contributed by atoms with Crippen molar-refractivity contribution in [3.05, 3.63) is 35.3 Å². The monoisotopic (exact) mass is 343 g/mol. The summed E-state index contributed by atoms with van der Waals surface area (Å²) in [6, 6.07) is 3.92. The van der Waals surface area contributed by atoms with Crippen LogP contribution in [0.25, 0.3) is 5.65 Å². The third-order valence-electron chi connectivity index (χ3n) is 4.78. The Kier molecular flexibility index (Phi) is 5.06. The van der Waals surface area contributed by atoms with Crippen molar-refractivity contribution in [1.29, 1.82) is 0 Å². The fourth-order valence-electron chi connectivity index (χ4n) is 3.49. The normalized spacial score (nSPS) is 17.7. The molecule has 3 heterocycles. The molecule has 0 N–H and O–H groups in total. The van der Waals surface area contributed by atoms with Crippen molar-refractivity contribution in [2.45, 2.75) is 40.0 Å². The topological polar surface area (TPSA) is 63.9 Å². The smallest absolute Gasteiger partial charge is 0.310 e. The quantitative estimate of drug-likeness (QED) is 0.801. The van der Waals surface area contributed by atoms with Gasteiger partial charge >= 0.3 is 5.97 Å². The highest BCUT2D eigenvalue weighted by Gasteiger charge is 2.32. The summed E-state index contributed by atoms with van der Waals surface area (Å²) in [7, 11) is 0. The molecule has 1 unspecified atom stereocenters. The van der Waals surface area contributed by atoms with Gasteiger partial charge in [-0.3, -0.25) is 14.0 Å². The largest absolute Gasteiger partial charge is 0.466 e. The summed E-state index contributed by atoms with van der Waals surface area (Å²) >= 11 is 0. The lowest BCUT2D eigenvalue weighted by Crippen LogP contribution is -2.43. The summed E-state index contributed by atoms with van der Waals surface area (Å²) < 4.78 is 7.02. The number of ether oxygens (including phenoxy) is 1. The minimum atomic E-state index is -0.233. The summed E-state index contributed by atoms with van der Waals surface area (Å²) in [5.41, 5.74) is 3.28. The summed E-state index contributed by atoms with van der Waals surface area (Å²) in [4.78, 5) is 31.7. The van der Waals surface area contributed by atoms with Gasteiger partial charge in [0.2, 0.25) is 0 Å². The first-order chi connectivity index (χ1) is 12.1. The number of amides is 1. The molecule has 0 saturated carbocycles. The number of carbonyl (C=O) groups excluding carboxylic acids is 2. The minimum Gasteiger partial charge on any atom is -0.466 e. The predicted molar refractivity (Wildman–Crippen MR) is 94.6 cm³/mol. The Morgan fingerprint density at radius 3 is 2.88 bits per heavy atom. The Morgan fingerprint density at radius 2 is 2.16 bits per heavy atom. The maximum Gasteiger partial charge on any atom is 0.310 e. The fraction of sp³-hybridized carbons (Fsp3) is 0.526. The van der Waals surface area contributed by atoms with Gasteiger partial charge in [-0.15, -0.1) is 0 Å². The Labute approximate surface area is 147 Å². The third-order valence-corrected chi connectivity index (χ3v) is 4.78. The summed E-state index contributed by atoms with van der Waals surface area (Å²) in [6.45, 7) is 7.25. The van der Waals surface area contributed by atoms with E-state index in [2.05, 4.69) is 4.98 Å². The number of carbonyl (C=O) groups is 2. The fourth-order valence-corrected chi connectivity index (χ4v) is 3.49. The average molecular weight is 343 g/mol. The van der Waals surface area contributed by atoms with Crippen LogP contribution >= 0.6 is 0 Å². The van der Waals surface area contributed by atoms with Gasteiger partial charge in [-0.1, -0.05) is 13.0 Å². The van der Waals surface area contributed by atoms with Crippen LogP contribution in [0.5, 0.6) is 0 Å². The molecule has 1 amide bonds. The molecule has 0 aromatic carbocycles. The van der Waals surface area contributed by atoms with E-state index in [1.807, 2.05) is 36.6 Å². The molecule has 0 spiro atoms. The molecule has 2 aromatic heterocycles. The number of aromatic nitrogens is 2. The van der Waals surface area contributed by atoms with Crippen LogP contribution in [0.3, 0.4) is 0 Å². The molecular weight excluding hydrogens is 318 g/mol. The van der Waals surface area contributed by atoms with E-state index in [9.17, 15) is 9.59 Å². The number of aryl methyl sites for hydroxylation is 2. The van der Waals surface area contributed by atoms with Gasteiger partial charge in [0.15, 0.2) is 0 Å². The van der Waals surface area contributed by atoms with E-state index in [1.165, 1.54) is 0 Å². The lowest BCUT2D eigenvalue weighted by molar-refractivity contribution is -0.149. The van der Waals surface area contributed by atoms with Crippen molar-refractivity contribution in [3.63, 3.8) is 0 Å². The van der Waals surface area contributed by atoms with Crippen molar-refractivity contribution in [2.24, 2.45) is 5.92 Å². The first-order valence-electron chi connectivity index (χ1n) is 8.99. The highest BCUT2D eigenvalue weighted by Crippen LogP contribution is 2.23. The standard InChI is InChI=1S/C19H25N3O3/c1-4-15-16(22-11-6-8-13(3)17(22)20-15)18(23)21-10-7-9-14(12-21)19(24)25-5-2/h6,8,11,14H,4-5,7,9-10,12H2,1-3H3. The molecule has 0 aliphatic carbocycles. The zero-order valence-corrected chi connectivity index (χ0v) is 15.1. The molecule has 3 rings (SSSR count). The number of hydrogen-bond donors (Lipinski definition) is 0. The van der Waals surface area contributed by atoms with E-state index in [1.54, 1.807) is 11.8 Å². The van der Waals surface area contributed by atoms with Gasteiger partial charge in [-0.25, -0.2) is 4.98 Å². The molecule has 2 aromatic rings. The maximum atomic E-state index is 13.2. The molecule has 1 aliphatic rings. The van der Waals surface area contributed by atoms with Crippen molar-refractivity contribution in [1.82, 2.24) is 14.3 Å². The molecule has 6 nitrogen and oxygen atoms in total. The molecule has 1 fully saturated rings. The Morgan fingerprint density at radius 1 is 1.36 bits per heavy atom. The zero-order valence-electron chi connectivity index (χ0n) is 15.1. The molecule has 1 atom stereocenters. The van der Waals surface area contributed by atoms with Crippen molar-refractivity contribution in [3.8, 4) is 0 Å². The second kappa shape index (κ2) is 7.25. The molecule has 0 radical (unpaired) electrons. The van der Waals surface area contributed by atoms with Gasteiger partial charge in [-0.2, -0.15) is 0 Å². The van der Waals surface area contributed by atoms with Crippen LogP contribution in [0.4, 0.5) is 0 Å². The van der Waals surface area contributed by atoms with E-state index >= 15 is 0 Å². The first-order valence-corrected chi connectivity index (χ1v) is 8.99. The number of imidazole rings is 1. The lowest BCUT2D eigenvalue weighted by Gasteiger charge is -2.31. The van der Waals surface area contributed by atoms with Crippen molar-refractivity contribution in [2.75, 3.05) is 19.7 Å². The third kappa shape index (κ3) is 3.25. The number of hydrogen-bond acceptors (Lipinski definition) is 4. The molecule has 134 valence electrons. The van der Waals surface area contributed by atoms with Gasteiger partial charge in [0, 0.05) is 19.3 Å². The van der Waals surface area contributed by atoms with Gasteiger partial charge in [0.05, 0.1) is 18.2 Å². The summed E-state index contributed by atoms with van der Waals surface area (Å²) in [5, 5.41) is 0. The van der Waals surface area contributed by atoms with Crippen LogP contribution in [0.15, 0.2) is 18.3 Å². The number of fused-ring (bicyclic) bond motifs is 1. The van der Waals surface area contributed by atoms with Gasteiger partial charge in [0.25, 0.3) is 5.91 Å². The number of rotatable bonds is 4. The summed E-state index contributed by atoms with van der Waals surface area (Å²) in [5.74, 6) is -0.489. The van der Waals surface area contributed by atoms with E-state index in [0.29, 0.717) is 31.8 Å². The second-order valence-electron chi connectivity index (χ2n) is 6.49. The predicted octanol–water partition coefficient (Wildman–Crippen LogP) is 2.62. The van der Waals surface area contributed by atoms with E-state index in [0.717, 1.165) is 29.7 Å². The number of nitrogens with zero attached hydrogens (tertiary/aromatic N) is 3. The average Bonchev–Trinajstić information content (AvgIpc) is 3.01. The van der Waals surface area contributed by atoms with Crippen LogP contribution in [-0.4, -0.2) is 45.9 Å². The highest BCUT2D eigenvalue weighted by molar-refractivity contribution is 5.95. The van der Waals surface area contributed by atoms with E-state index < -0.39 is 0 Å². The van der Waals surface area contributed by atoms with Crippen LogP contribution in [-0.2, 0) is 16.0 Å². The first kappa shape index (κ1) is 17.5. The molecular formula is C19H25N3O3. The number of esters is 1. The lowest BCUT2D eigenvalue weighted by atomic mass is 9.98. The van der Waals surface area contributed by atoms with Crippen molar-refractivity contribution < 1.29 is 14.3 Å². The molecule has 6 heteroatoms. The number of pyridine rings is 1. The number of piperidine rings is 1. The second-order valence-corrected chi connectivity index (χ2v) is 6.49. The number of likely N-dealkylation sites (tertiary alicyclic amines) is 1. The van der Waals surface area contributed by atoms with E-state index in [-0.39, 0.29) is 17.8 Å². The Balaban J connectivity index is 1.91. The molecule has 1 aliphatic heterocycles. The SMILES string of the molecule is CCOC(=O)C1CCCN(C(=O)c2c(CC)nc3c(C)cccn23)C1. The highest BCUT2D eigenvalue weighted by atomic mass is 16.5. The van der Waals surface area contributed by atoms with Crippen molar-refractivity contribution >= 4 is 17.5 Å². The Bertz CT molecular complexity index is 797. The minimum absolute atomic E-state index is 0.0519. The maximum absolute atomic E-state index is 13.2. The van der Waals surface area contributed by atoms with Gasteiger partial charge in [0.1, 0.15) is 11.3 Å². The molecule has 0 bridgehead atoms. The van der Waals surface area contributed by atoms with Crippen LogP contribution in [0.1, 0.15) is 48.4 Å². The van der Waals surface area contributed by atoms with Crippen LogP contribution in [0, 0.1) is 12.8 Å². The van der Waals surface area contributed by atoms with Crippen LogP contribution < -0.4 is 0 Å². The zero-order chi connectivity index (χ0) is 18.0. The summed E-state index contributed by atoms with van der Waals surface area (Å²) in [6.07, 6.45) is 4.16. The van der Waals surface area contributed by atoms with E-state index in [4.69, 9.17) is 4.74 Å².